The van der Waals surface area contributed by atoms with Crippen molar-refractivity contribution in [3.05, 3.63) is 72.2 Å². The van der Waals surface area contributed by atoms with Gasteiger partial charge in [-0.3, -0.25) is 9.98 Å². The Morgan fingerprint density at radius 3 is 2.79 bits per heavy atom. The molecule has 0 bridgehead atoms. The van der Waals surface area contributed by atoms with E-state index in [0.29, 0.717) is 18.3 Å². The van der Waals surface area contributed by atoms with Crippen molar-refractivity contribution in [2.24, 2.45) is 10.7 Å². The lowest BCUT2D eigenvalue weighted by atomic mass is 10.1. The van der Waals surface area contributed by atoms with E-state index in [-0.39, 0.29) is 0 Å². The summed E-state index contributed by atoms with van der Waals surface area (Å²) in [6.45, 7) is 4.86. The van der Waals surface area contributed by atoms with Crippen LogP contribution in [0.3, 0.4) is 0 Å². The Hall–Kier alpha value is -3.58. The molecule has 34 heavy (non-hydrogen) atoms. The summed E-state index contributed by atoms with van der Waals surface area (Å²) in [6.07, 6.45) is 10.5. The van der Waals surface area contributed by atoms with Crippen molar-refractivity contribution in [2.45, 2.75) is 32.2 Å². The average Bonchev–Trinajstić information content (AvgIpc) is 3.28. The molecule has 7 nitrogen and oxygen atoms in total. The van der Waals surface area contributed by atoms with Gasteiger partial charge in [-0.1, -0.05) is 24.3 Å². The highest BCUT2D eigenvalue weighted by molar-refractivity contribution is 5.99. The first kappa shape index (κ1) is 22.2. The van der Waals surface area contributed by atoms with Crippen LogP contribution < -0.4 is 5.73 Å². The molecule has 1 fully saturated rings. The molecular weight excluding hydrogens is 422 g/mol. The summed E-state index contributed by atoms with van der Waals surface area (Å²) in [5.41, 5.74) is 12.0. The number of benzene rings is 1. The van der Waals surface area contributed by atoms with Gasteiger partial charge in [0, 0.05) is 46.7 Å². The zero-order valence-corrected chi connectivity index (χ0v) is 19.9. The minimum atomic E-state index is 0.409. The molecule has 1 aromatic carbocycles. The first-order valence-electron chi connectivity index (χ1n) is 11.9. The monoisotopic (exact) mass is 453 g/mol. The number of rotatable bonds is 6. The lowest BCUT2D eigenvalue weighted by Gasteiger charge is -2.29. The van der Waals surface area contributed by atoms with Crippen LogP contribution in [0.5, 0.6) is 0 Å². The predicted molar refractivity (Wildman–Crippen MR) is 139 cm³/mol. The number of hydrogen-bond donors (Lipinski definition) is 1. The molecule has 0 radical (unpaired) electrons. The summed E-state index contributed by atoms with van der Waals surface area (Å²) in [7, 11) is 2.17. The van der Waals surface area contributed by atoms with E-state index < -0.39 is 0 Å². The molecule has 0 amide bonds. The number of nitrogens with two attached hydrogens (primary N) is 1. The molecule has 4 heterocycles. The van der Waals surface area contributed by atoms with Crippen LogP contribution in [0.1, 0.15) is 36.9 Å². The van der Waals surface area contributed by atoms with Crippen LogP contribution in [0.25, 0.3) is 27.6 Å². The van der Waals surface area contributed by atoms with E-state index in [4.69, 9.17) is 15.7 Å². The summed E-state index contributed by atoms with van der Waals surface area (Å²) >= 11 is 0. The molecule has 0 spiro atoms. The van der Waals surface area contributed by atoms with Gasteiger partial charge in [-0.05, 0) is 70.1 Å². The number of nitrogens with zero attached hydrogens (tertiary/aromatic N) is 6. The van der Waals surface area contributed by atoms with E-state index in [0.717, 1.165) is 65.6 Å². The van der Waals surface area contributed by atoms with Crippen LogP contribution in [0.15, 0.2) is 66.1 Å². The van der Waals surface area contributed by atoms with Gasteiger partial charge in [0.1, 0.15) is 0 Å². The van der Waals surface area contributed by atoms with Gasteiger partial charge in [-0.15, -0.1) is 0 Å². The molecule has 7 heteroatoms. The van der Waals surface area contributed by atoms with Crippen LogP contribution in [0.4, 0.5) is 0 Å². The number of allylic oxidation sites excluding steroid dienone is 1. The largest absolute Gasteiger partial charge is 0.398 e. The Bertz CT molecular complexity index is 1350. The third-order valence-corrected chi connectivity index (χ3v) is 6.62. The van der Waals surface area contributed by atoms with Crippen molar-refractivity contribution in [3.8, 4) is 0 Å². The number of aliphatic imine (C=N–C) groups is 1. The van der Waals surface area contributed by atoms with Gasteiger partial charge in [0.05, 0.1) is 17.8 Å². The summed E-state index contributed by atoms with van der Waals surface area (Å²) in [4.78, 5) is 16.3. The average molecular weight is 454 g/mol. The van der Waals surface area contributed by atoms with Crippen LogP contribution in [0, 0.1) is 0 Å². The van der Waals surface area contributed by atoms with Gasteiger partial charge in [0.2, 0.25) is 0 Å². The van der Waals surface area contributed by atoms with Gasteiger partial charge < -0.3 is 10.6 Å². The molecule has 2 N–H and O–H groups in total. The van der Waals surface area contributed by atoms with Crippen molar-refractivity contribution in [2.75, 3.05) is 26.7 Å². The van der Waals surface area contributed by atoms with E-state index in [2.05, 4.69) is 57.0 Å². The molecule has 0 saturated carbocycles. The van der Waals surface area contributed by atoms with Gasteiger partial charge in [-0.2, -0.15) is 5.10 Å². The molecule has 174 valence electrons. The van der Waals surface area contributed by atoms with E-state index in [1.54, 1.807) is 0 Å². The first-order chi connectivity index (χ1) is 16.6. The molecule has 5 rings (SSSR count). The third kappa shape index (κ3) is 4.70. The van der Waals surface area contributed by atoms with Crippen molar-refractivity contribution >= 4 is 33.3 Å². The highest BCUT2D eigenvalue weighted by atomic mass is 15.3. The van der Waals surface area contributed by atoms with Gasteiger partial charge >= 0.3 is 0 Å². The molecule has 3 aromatic heterocycles. The maximum absolute atomic E-state index is 6.41. The highest BCUT2D eigenvalue weighted by Crippen LogP contribution is 2.26. The topological polar surface area (TPSA) is 85.2 Å². The Balaban J connectivity index is 1.28. The van der Waals surface area contributed by atoms with Gasteiger partial charge in [0.25, 0.3) is 0 Å². The molecule has 0 aliphatic carbocycles. The fourth-order valence-corrected chi connectivity index (χ4v) is 4.68. The summed E-state index contributed by atoms with van der Waals surface area (Å²) in [6, 6.07) is 12.8. The number of para-hydroxylation sites is 1. The Morgan fingerprint density at radius 1 is 1.12 bits per heavy atom. The zero-order chi connectivity index (χ0) is 23.5. The standard InChI is InChI=1S/C27H31N7/c1-19(29-12-8-21-6-3-5-20-7-4-11-30-26(20)21)15-25(28)22-16-23-18-32-34(27(23)31-17-22)24-9-13-33(2)14-10-24/h3-7,11,15-18,24H,8-10,12-14,28H2,1-2H3. The van der Waals surface area contributed by atoms with Crippen molar-refractivity contribution < 1.29 is 0 Å². The van der Waals surface area contributed by atoms with Gasteiger partial charge in [-0.25, -0.2) is 9.67 Å². The van der Waals surface area contributed by atoms with Crippen LogP contribution in [-0.4, -0.2) is 57.0 Å². The van der Waals surface area contributed by atoms with Crippen molar-refractivity contribution in [1.29, 1.82) is 0 Å². The van der Waals surface area contributed by atoms with E-state index in [9.17, 15) is 0 Å². The fourth-order valence-electron chi connectivity index (χ4n) is 4.68. The molecular formula is C27H31N7. The van der Waals surface area contributed by atoms with Crippen molar-refractivity contribution in [1.82, 2.24) is 24.6 Å². The number of aromatic nitrogens is 4. The molecule has 1 aliphatic heterocycles. The lowest BCUT2D eigenvalue weighted by molar-refractivity contribution is 0.215. The molecule has 1 aliphatic rings. The summed E-state index contributed by atoms with van der Waals surface area (Å²) < 4.78 is 2.08. The summed E-state index contributed by atoms with van der Waals surface area (Å²) in [5.74, 6) is 0. The Morgan fingerprint density at radius 2 is 1.94 bits per heavy atom. The molecule has 0 atom stereocenters. The highest BCUT2D eigenvalue weighted by Gasteiger charge is 2.21. The first-order valence-corrected chi connectivity index (χ1v) is 11.9. The number of pyridine rings is 2. The van der Waals surface area contributed by atoms with E-state index in [1.807, 2.05) is 37.7 Å². The quantitative estimate of drug-likeness (QED) is 0.441. The maximum atomic E-state index is 6.41. The zero-order valence-electron chi connectivity index (χ0n) is 19.9. The number of piperidine rings is 1. The van der Waals surface area contributed by atoms with E-state index >= 15 is 0 Å². The second-order valence-corrected chi connectivity index (χ2v) is 9.13. The second-order valence-electron chi connectivity index (χ2n) is 9.13. The molecule has 1 saturated heterocycles. The third-order valence-electron chi connectivity index (χ3n) is 6.62. The number of likely N-dealkylation sites (tertiary alicyclic amines) is 1. The minimum Gasteiger partial charge on any atom is -0.398 e. The maximum Gasteiger partial charge on any atom is 0.158 e. The molecule has 0 unspecified atom stereocenters. The molecule has 4 aromatic rings. The second kappa shape index (κ2) is 9.73. The Kier molecular flexibility index (Phi) is 6.36. The normalized spacial score (nSPS) is 16.5. The fraction of sp³-hybridized carbons (Fsp3) is 0.333. The SMILES string of the molecule is CC(C=C(N)c1cnc2c(cnn2C2CCN(C)CC2)c1)=NCCc1cccc2cccnc12. The smallest absolute Gasteiger partial charge is 0.158 e. The van der Waals surface area contributed by atoms with Gasteiger partial charge in [0.15, 0.2) is 5.65 Å². The van der Waals surface area contributed by atoms with E-state index in [1.165, 1.54) is 5.56 Å². The van der Waals surface area contributed by atoms with Crippen LogP contribution >= 0.6 is 0 Å². The summed E-state index contributed by atoms with van der Waals surface area (Å²) in [5, 5.41) is 6.82. The van der Waals surface area contributed by atoms with Crippen LogP contribution in [0.2, 0.25) is 0 Å². The number of fused-ring (bicyclic) bond motifs is 2. The number of hydrogen-bond acceptors (Lipinski definition) is 6. The minimum absolute atomic E-state index is 0.409. The predicted octanol–water partition coefficient (Wildman–Crippen LogP) is 4.25. The lowest BCUT2D eigenvalue weighted by Crippen LogP contribution is -2.31. The van der Waals surface area contributed by atoms with Crippen molar-refractivity contribution in [3.63, 3.8) is 0 Å². The Labute approximate surface area is 200 Å². The van der Waals surface area contributed by atoms with Crippen LogP contribution in [-0.2, 0) is 6.42 Å².